The first-order valence-corrected chi connectivity index (χ1v) is 9.60. The van der Waals surface area contributed by atoms with E-state index in [2.05, 4.69) is 26.6 Å². The van der Waals surface area contributed by atoms with Gasteiger partial charge in [0.1, 0.15) is 11.5 Å². The molecule has 0 aliphatic carbocycles. The molecule has 0 atom stereocenters. The third kappa shape index (κ3) is 7.25. The van der Waals surface area contributed by atoms with Crippen LogP contribution in [0.5, 0.6) is 11.5 Å². The summed E-state index contributed by atoms with van der Waals surface area (Å²) in [4.78, 5) is 35.5. The predicted molar refractivity (Wildman–Crippen MR) is 115 cm³/mol. The third-order valence-corrected chi connectivity index (χ3v) is 4.47. The van der Waals surface area contributed by atoms with Gasteiger partial charge in [0.15, 0.2) is 6.61 Å². The number of halogens is 1. The van der Waals surface area contributed by atoms with Gasteiger partial charge in [-0.3, -0.25) is 9.59 Å². The molecule has 158 valence electrons. The fraction of sp³-hybridized carbons (Fsp3) is 0.190. The number of methoxy groups -OCH3 is 2. The van der Waals surface area contributed by atoms with Crippen LogP contribution < -0.4 is 20.1 Å². The van der Waals surface area contributed by atoms with E-state index in [9.17, 15) is 14.4 Å². The van der Waals surface area contributed by atoms with Gasteiger partial charge in [0.25, 0.3) is 5.91 Å². The second-order valence-corrected chi connectivity index (χ2v) is 6.71. The summed E-state index contributed by atoms with van der Waals surface area (Å²) >= 11 is 3.31. The molecule has 0 aliphatic rings. The number of nitrogens with one attached hydrogen (secondary N) is 2. The molecular weight excluding hydrogens is 456 g/mol. The van der Waals surface area contributed by atoms with Gasteiger partial charge in [-0.25, -0.2) is 4.79 Å². The van der Waals surface area contributed by atoms with Gasteiger partial charge in [-0.1, -0.05) is 12.1 Å². The maximum Gasteiger partial charge on any atom is 0.331 e. The number of rotatable bonds is 9. The van der Waals surface area contributed by atoms with E-state index < -0.39 is 24.4 Å². The first-order chi connectivity index (χ1) is 14.4. The van der Waals surface area contributed by atoms with Crippen LogP contribution >= 0.6 is 15.9 Å². The maximum absolute atomic E-state index is 11.9. The Labute approximate surface area is 182 Å². The number of hydrogen-bond acceptors (Lipinski definition) is 6. The van der Waals surface area contributed by atoms with E-state index in [0.29, 0.717) is 22.7 Å². The number of hydrogen-bond donors (Lipinski definition) is 2. The minimum Gasteiger partial charge on any atom is -0.497 e. The highest BCUT2D eigenvalue weighted by Gasteiger charge is 2.09. The number of carbonyl (C=O) groups excluding carboxylic acids is 3. The Morgan fingerprint density at radius 3 is 2.50 bits per heavy atom. The Kier molecular flexibility index (Phi) is 8.89. The minimum atomic E-state index is -0.715. The molecule has 0 saturated heterocycles. The van der Waals surface area contributed by atoms with E-state index in [0.717, 1.165) is 4.47 Å². The number of carbonyl (C=O) groups is 3. The van der Waals surface area contributed by atoms with Crippen LogP contribution in [0.25, 0.3) is 6.08 Å². The number of esters is 1. The summed E-state index contributed by atoms with van der Waals surface area (Å²) in [7, 11) is 3.04. The zero-order chi connectivity index (χ0) is 21.9. The maximum atomic E-state index is 11.9. The molecular formula is C21H21BrN2O6. The molecule has 0 fully saturated rings. The van der Waals surface area contributed by atoms with Crippen molar-refractivity contribution < 1.29 is 28.6 Å². The standard InChI is InChI=1S/C21H21BrN2O6/c1-28-15-8-9-18(29-2)14(11-15)7-10-21(27)30-13-20(26)23-12-19(25)24-17-6-4-3-5-16(17)22/h3-11H,12-13H2,1-2H3,(H,23,26)(H,24,25)/b10-7+. The van der Waals surface area contributed by atoms with Crippen molar-refractivity contribution in [1.29, 1.82) is 0 Å². The van der Waals surface area contributed by atoms with Crippen LogP contribution in [-0.4, -0.2) is 45.2 Å². The minimum absolute atomic E-state index is 0.255. The summed E-state index contributed by atoms with van der Waals surface area (Å²) in [6.45, 7) is -0.769. The second kappa shape index (κ2) is 11.6. The molecule has 8 nitrogen and oxygen atoms in total. The Bertz CT molecular complexity index is 945. The number of ether oxygens (including phenoxy) is 3. The number of anilines is 1. The molecule has 0 bridgehead atoms. The summed E-state index contributed by atoms with van der Waals surface area (Å²) in [5.41, 5.74) is 1.20. The number of amides is 2. The van der Waals surface area contributed by atoms with Gasteiger partial charge in [-0.15, -0.1) is 0 Å². The van der Waals surface area contributed by atoms with E-state index in [1.165, 1.54) is 26.4 Å². The third-order valence-electron chi connectivity index (χ3n) is 3.78. The summed E-state index contributed by atoms with van der Waals surface area (Å²) in [5, 5.41) is 5.03. The van der Waals surface area contributed by atoms with Crippen molar-refractivity contribution in [2.45, 2.75) is 0 Å². The van der Waals surface area contributed by atoms with Crippen LogP contribution in [0.2, 0.25) is 0 Å². The molecule has 0 radical (unpaired) electrons. The molecule has 0 heterocycles. The first kappa shape index (κ1) is 23.0. The van der Waals surface area contributed by atoms with Gasteiger partial charge in [-0.05, 0) is 52.3 Å². The van der Waals surface area contributed by atoms with Gasteiger partial charge in [0, 0.05) is 16.1 Å². The van der Waals surface area contributed by atoms with Crippen molar-refractivity contribution in [2.24, 2.45) is 0 Å². The van der Waals surface area contributed by atoms with Crippen molar-refractivity contribution in [1.82, 2.24) is 5.32 Å². The second-order valence-electron chi connectivity index (χ2n) is 5.85. The van der Waals surface area contributed by atoms with Crippen LogP contribution in [0.15, 0.2) is 53.0 Å². The van der Waals surface area contributed by atoms with Gasteiger partial charge in [0.2, 0.25) is 5.91 Å². The lowest BCUT2D eigenvalue weighted by molar-refractivity contribution is -0.143. The van der Waals surface area contributed by atoms with E-state index in [1.807, 2.05) is 6.07 Å². The summed E-state index contributed by atoms with van der Waals surface area (Å²) in [5.74, 6) is -0.574. The van der Waals surface area contributed by atoms with Crippen molar-refractivity contribution >= 4 is 45.5 Å². The van der Waals surface area contributed by atoms with Crippen molar-refractivity contribution in [3.05, 3.63) is 58.6 Å². The highest BCUT2D eigenvalue weighted by atomic mass is 79.9. The molecule has 2 N–H and O–H groups in total. The fourth-order valence-electron chi connectivity index (χ4n) is 2.30. The molecule has 0 spiro atoms. The largest absolute Gasteiger partial charge is 0.497 e. The molecule has 0 aliphatic heterocycles. The molecule has 2 rings (SSSR count). The van der Waals surface area contributed by atoms with E-state index in [-0.39, 0.29) is 6.54 Å². The zero-order valence-corrected chi connectivity index (χ0v) is 18.0. The Morgan fingerprint density at radius 2 is 1.80 bits per heavy atom. The smallest absolute Gasteiger partial charge is 0.331 e. The predicted octanol–water partition coefficient (Wildman–Crippen LogP) is 2.78. The van der Waals surface area contributed by atoms with Crippen LogP contribution in [0.1, 0.15) is 5.56 Å². The summed E-state index contributed by atoms with van der Waals surface area (Å²) in [6.07, 6.45) is 2.66. The molecule has 2 aromatic rings. The van der Waals surface area contributed by atoms with Crippen LogP contribution in [0, 0.1) is 0 Å². The average Bonchev–Trinajstić information content (AvgIpc) is 2.76. The first-order valence-electron chi connectivity index (χ1n) is 8.81. The summed E-state index contributed by atoms with van der Waals surface area (Å²) in [6, 6.07) is 12.2. The highest BCUT2D eigenvalue weighted by Crippen LogP contribution is 2.25. The monoisotopic (exact) mass is 476 g/mol. The van der Waals surface area contributed by atoms with Crippen LogP contribution in [0.4, 0.5) is 5.69 Å². The highest BCUT2D eigenvalue weighted by molar-refractivity contribution is 9.10. The lowest BCUT2D eigenvalue weighted by Gasteiger charge is -2.08. The van der Waals surface area contributed by atoms with Gasteiger partial charge >= 0.3 is 5.97 Å². The normalized spacial score (nSPS) is 10.4. The molecule has 2 aromatic carbocycles. The zero-order valence-electron chi connectivity index (χ0n) is 16.4. The van der Waals surface area contributed by atoms with Crippen molar-refractivity contribution in [2.75, 3.05) is 32.7 Å². The van der Waals surface area contributed by atoms with E-state index >= 15 is 0 Å². The van der Waals surface area contributed by atoms with Crippen LogP contribution in [-0.2, 0) is 19.1 Å². The Balaban J connectivity index is 1.78. The summed E-state index contributed by atoms with van der Waals surface area (Å²) < 4.78 is 15.9. The number of para-hydroxylation sites is 1. The number of benzene rings is 2. The van der Waals surface area contributed by atoms with E-state index in [1.54, 1.807) is 36.4 Å². The fourth-order valence-corrected chi connectivity index (χ4v) is 2.68. The Hall–Kier alpha value is -3.33. The van der Waals surface area contributed by atoms with Gasteiger partial charge < -0.3 is 24.8 Å². The lowest BCUT2D eigenvalue weighted by Crippen LogP contribution is -2.35. The van der Waals surface area contributed by atoms with Crippen molar-refractivity contribution in [3.63, 3.8) is 0 Å². The quantitative estimate of drug-likeness (QED) is 0.426. The molecule has 0 saturated carbocycles. The SMILES string of the molecule is COc1ccc(OC)c(/C=C/C(=O)OCC(=O)NCC(=O)Nc2ccccc2Br)c1. The lowest BCUT2D eigenvalue weighted by atomic mass is 10.1. The van der Waals surface area contributed by atoms with E-state index in [4.69, 9.17) is 14.2 Å². The molecule has 0 aromatic heterocycles. The van der Waals surface area contributed by atoms with Crippen LogP contribution in [0.3, 0.4) is 0 Å². The topological polar surface area (TPSA) is 103 Å². The van der Waals surface area contributed by atoms with Gasteiger partial charge in [0.05, 0.1) is 26.5 Å². The molecule has 30 heavy (non-hydrogen) atoms. The van der Waals surface area contributed by atoms with Crippen molar-refractivity contribution in [3.8, 4) is 11.5 Å². The average molecular weight is 477 g/mol. The molecule has 0 unspecified atom stereocenters. The Morgan fingerprint density at radius 1 is 1.03 bits per heavy atom. The molecule has 9 heteroatoms. The molecule has 2 amide bonds. The van der Waals surface area contributed by atoms with Gasteiger partial charge in [-0.2, -0.15) is 0 Å².